The first-order valence-corrected chi connectivity index (χ1v) is 8.45. The Morgan fingerprint density at radius 2 is 2.25 bits per heavy atom. The molecule has 2 heterocycles. The molecule has 3 rings (SSSR count). The summed E-state index contributed by atoms with van der Waals surface area (Å²) in [6.45, 7) is 2.33. The van der Waals surface area contributed by atoms with Gasteiger partial charge in [-0.15, -0.1) is 11.3 Å². The number of halogens is 1. The molecule has 124 valence electrons. The van der Waals surface area contributed by atoms with Gasteiger partial charge in [0.05, 0.1) is 23.6 Å². The number of esters is 1. The van der Waals surface area contributed by atoms with Crippen molar-refractivity contribution in [1.82, 2.24) is 0 Å². The Morgan fingerprint density at radius 3 is 2.92 bits per heavy atom. The highest BCUT2D eigenvalue weighted by Crippen LogP contribution is 2.37. The van der Waals surface area contributed by atoms with Gasteiger partial charge >= 0.3 is 5.97 Å². The zero-order chi connectivity index (χ0) is 17.1. The van der Waals surface area contributed by atoms with Gasteiger partial charge in [-0.05, 0) is 42.1 Å². The van der Waals surface area contributed by atoms with Crippen LogP contribution in [0.15, 0.2) is 40.3 Å². The molecule has 2 aromatic rings. The van der Waals surface area contributed by atoms with E-state index in [0.717, 1.165) is 4.88 Å². The van der Waals surface area contributed by atoms with E-state index in [4.69, 9.17) is 25.8 Å². The monoisotopic (exact) mass is 363 g/mol. The number of hydrogen-bond donors (Lipinski definition) is 0. The van der Waals surface area contributed by atoms with E-state index in [1.165, 1.54) is 18.4 Å². The van der Waals surface area contributed by atoms with Crippen LogP contribution in [0.2, 0.25) is 5.02 Å². The van der Waals surface area contributed by atoms with Crippen molar-refractivity contribution >= 4 is 40.9 Å². The van der Waals surface area contributed by atoms with Gasteiger partial charge in [0.2, 0.25) is 5.90 Å². The van der Waals surface area contributed by atoms with Crippen LogP contribution in [0.1, 0.15) is 17.4 Å². The number of carbonyl (C=O) groups is 1. The Morgan fingerprint density at radius 1 is 1.42 bits per heavy atom. The van der Waals surface area contributed by atoms with Crippen molar-refractivity contribution in [3.05, 3.63) is 50.8 Å². The van der Waals surface area contributed by atoms with Crippen LogP contribution in [0.3, 0.4) is 0 Å². The van der Waals surface area contributed by atoms with E-state index in [1.807, 2.05) is 24.4 Å². The Labute approximate surface area is 148 Å². The Bertz CT molecular complexity index is 827. The topological polar surface area (TPSA) is 57.1 Å². The van der Waals surface area contributed by atoms with Crippen molar-refractivity contribution < 1.29 is 19.0 Å². The third kappa shape index (κ3) is 3.29. The van der Waals surface area contributed by atoms with E-state index in [-0.39, 0.29) is 5.70 Å². The minimum Gasteiger partial charge on any atom is -0.493 e. The first-order chi connectivity index (χ1) is 11.6. The molecule has 0 amide bonds. The van der Waals surface area contributed by atoms with Crippen LogP contribution in [0.25, 0.3) is 6.08 Å². The number of nitrogens with zero attached hydrogens (tertiary/aromatic N) is 1. The molecule has 7 heteroatoms. The minimum atomic E-state index is -0.498. The van der Waals surface area contributed by atoms with E-state index in [0.29, 0.717) is 34.6 Å². The normalized spacial score (nSPS) is 15.4. The quantitative estimate of drug-likeness (QED) is 0.591. The molecule has 1 aliphatic rings. The molecule has 0 aliphatic carbocycles. The average Bonchev–Trinajstić information content (AvgIpc) is 3.20. The number of aliphatic imine (C=N–C) groups is 1. The number of benzene rings is 1. The highest BCUT2D eigenvalue weighted by Gasteiger charge is 2.25. The lowest BCUT2D eigenvalue weighted by atomic mass is 10.1. The molecule has 24 heavy (non-hydrogen) atoms. The van der Waals surface area contributed by atoms with E-state index < -0.39 is 5.97 Å². The van der Waals surface area contributed by atoms with E-state index in [1.54, 1.807) is 18.2 Å². The summed E-state index contributed by atoms with van der Waals surface area (Å²) in [6, 6.07) is 7.13. The van der Waals surface area contributed by atoms with E-state index in [9.17, 15) is 4.79 Å². The number of methoxy groups -OCH3 is 1. The average molecular weight is 364 g/mol. The van der Waals surface area contributed by atoms with Gasteiger partial charge in [-0.3, -0.25) is 0 Å². The second-order valence-electron chi connectivity index (χ2n) is 4.78. The van der Waals surface area contributed by atoms with Crippen molar-refractivity contribution in [2.75, 3.05) is 13.7 Å². The van der Waals surface area contributed by atoms with E-state index in [2.05, 4.69) is 4.99 Å². The summed E-state index contributed by atoms with van der Waals surface area (Å²) in [6.07, 6.45) is 1.60. The Hall–Kier alpha value is -2.31. The fourth-order valence-corrected chi connectivity index (χ4v) is 3.10. The van der Waals surface area contributed by atoms with Crippen LogP contribution >= 0.6 is 22.9 Å². The molecule has 0 saturated carbocycles. The van der Waals surface area contributed by atoms with Gasteiger partial charge in [0.15, 0.2) is 17.2 Å². The lowest BCUT2D eigenvalue weighted by Crippen LogP contribution is -2.03. The highest BCUT2D eigenvalue weighted by atomic mass is 35.5. The number of rotatable bonds is 5. The molecule has 0 N–H and O–H groups in total. The molecule has 0 spiro atoms. The van der Waals surface area contributed by atoms with Crippen molar-refractivity contribution in [3.63, 3.8) is 0 Å². The molecular formula is C17H14ClNO4S. The summed E-state index contributed by atoms with van der Waals surface area (Å²) >= 11 is 7.69. The standard InChI is InChI=1S/C17H14ClNO4S/c1-3-22-15-11(18)7-10(9-13(15)21-2)8-12-17(20)23-16(19-12)14-5-4-6-24-14/h4-9H,3H2,1-2H3/b12-8+. The summed E-state index contributed by atoms with van der Waals surface area (Å²) in [5.74, 6) is 0.776. The summed E-state index contributed by atoms with van der Waals surface area (Å²) in [4.78, 5) is 17.1. The second-order valence-corrected chi connectivity index (χ2v) is 6.14. The van der Waals surface area contributed by atoms with Gasteiger partial charge in [0.25, 0.3) is 0 Å². The molecule has 1 aromatic heterocycles. The van der Waals surface area contributed by atoms with Gasteiger partial charge in [-0.2, -0.15) is 0 Å². The number of ether oxygens (including phenoxy) is 3. The van der Waals surface area contributed by atoms with Crippen LogP contribution in [0, 0.1) is 0 Å². The number of hydrogen-bond acceptors (Lipinski definition) is 6. The molecule has 1 aliphatic heterocycles. The fourth-order valence-electron chi connectivity index (χ4n) is 2.18. The van der Waals surface area contributed by atoms with Crippen LogP contribution < -0.4 is 9.47 Å². The van der Waals surface area contributed by atoms with Crippen LogP contribution in [0.5, 0.6) is 11.5 Å². The largest absolute Gasteiger partial charge is 0.493 e. The molecule has 0 saturated heterocycles. The van der Waals surface area contributed by atoms with Gasteiger partial charge in [0.1, 0.15) is 0 Å². The predicted octanol–water partition coefficient (Wildman–Crippen LogP) is 4.15. The van der Waals surface area contributed by atoms with Crippen LogP contribution in [-0.4, -0.2) is 25.6 Å². The van der Waals surface area contributed by atoms with Crippen molar-refractivity contribution in [1.29, 1.82) is 0 Å². The lowest BCUT2D eigenvalue weighted by molar-refractivity contribution is -0.129. The molecule has 1 aromatic carbocycles. The maximum absolute atomic E-state index is 12.0. The summed E-state index contributed by atoms with van der Waals surface area (Å²) in [5, 5.41) is 2.29. The summed E-state index contributed by atoms with van der Waals surface area (Å²) in [5.41, 5.74) is 0.879. The molecule has 5 nitrogen and oxygen atoms in total. The molecular weight excluding hydrogens is 350 g/mol. The van der Waals surface area contributed by atoms with E-state index >= 15 is 0 Å². The minimum absolute atomic E-state index is 0.209. The SMILES string of the molecule is CCOc1c(Cl)cc(/C=C2/N=C(c3cccs3)OC2=O)cc1OC. The van der Waals surface area contributed by atoms with Crippen LogP contribution in [0.4, 0.5) is 0 Å². The number of cyclic esters (lactones) is 1. The maximum Gasteiger partial charge on any atom is 0.363 e. The second kappa shape index (κ2) is 7.07. The fraction of sp³-hybridized carbons (Fsp3) is 0.176. The Balaban J connectivity index is 1.96. The van der Waals surface area contributed by atoms with Crippen molar-refractivity contribution in [2.24, 2.45) is 4.99 Å². The zero-order valence-corrected chi connectivity index (χ0v) is 14.6. The summed E-state index contributed by atoms with van der Waals surface area (Å²) < 4.78 is 16.0. The number of carbonyl (C=O) groups excluding carboxylic acids is 1. The van der Waals surface area contributed by atoms with Gasteiger partial charge < -0.3 is 14.2 Å². The zero-order valence-electron chi connectivity index (χ0n) is 13.0. The number of thiophene rings is 1. The smallest absolute Gasteiger partial charge is 0.363 e. The van der Waals surface area contributed by atoms with Gasteiger partial charge in [0, 0.05) is 0 Å². The summed E-state index contributed by atoms with van der Waals surface area (Å²) in [7, 11) is 1.53. The molecule has 0 fully saturated rings. The Kier molecular flexibility index (Phi) is 4.87. The highest BCUT2D eigenvalue weighted by molar-refractivity contribution is 7.12. The molecule has 0 unspecified atom stereocenters. The van der Waals surface area contributed by atoms with Gasteiger partial charge in [-0.1, -0.05) is 17.7 Å². The van der Waals surface area contributed by atoms with Crippen molar-refractivity contribution in [3.8, 4) is 11.5 Å². The predicted molar refractivity (Wildman–Crippen MR) is 94.1 cm³/mol. The van der Waals surface area contributed by atoms with Crippen LogP contribution in [-0.2, 0) is 9.53 Å². The molecule has 0 bridgehead atoms. The van der Waals surface area contributed by atoms with Crippen molar-refractivity contribution in [2.45, 2.75) is 6.92 Å². The maximum atomic E-state index is 12.0. The third-order valence-electron chi connectivity index (χ3n) is 3.20. The molecule has 0 radical (unpaired) electrons. The lowest BCUT2D eigenvalue weighted by Gasteiger charge is -2.11. The molecule has 0 atom stereocenters. The first kappa shape index (κ1) is 16.5. The third-order valence-corrected chi connectivity index (χ3v) is 4.33. The first-order valence-electron chi connectivity index (χ1n) is 7.19. The van der Waals surface area contributed by atoms with Gasteiger partial charge in [-0.25, -0.2) is 9.79 Å².